The van der Waals surface area contributed by atoms with Gasteiger partial charge in [-0.25, -0.2) is 0 Å². The zero-order valence-electron chi connectivity index (χ0n) is 15.6. The van der Waals surface area contributed by atoms with Gasteiger partial charge in [-0.1, -0.05) is 18.2 Å². The largest absolute Gasteiger partial charge is 0.491 e. The molecule has 1 fully saturated rings. The second-order valence-corrected chi connectivity index (χ2v) is 6.29. The highest BCUT2D eigenvalue weighted by molar-refractivity contribution is 5.85. The number of likely N-dealkylation sites (tertiary alicyclic amines) is 1. The number of carbonyl (C=O) groups is 2. The molecule has 1 atom stereocenters. The minimum atomic E-state index is -0.0696. The fraction of sp³-hybridized carbons (Fsp3) is 0.579. The molecule has 0 saturated carbocycles. The fourth-order valence-corrected chi connectivity index (χ4v) is 2.97. The van der Waals surface area contributed by atoms with E-state index in [9.17, 15) is 9.59 Å². The summed E-state index contributed by atoms with van der Waals surface area (Å²) < 4.78 is 11.0. The molecule has 0 aromatic heterocycles. The van der Waals surface area contributed by atoms with Crippen LogP contribution in [-0.2, 0) is 14.3 Å². The zero-order valence-corrected chi connectivity index (χ0v) is 16.4. The first-order chi connectivity index (χ1) is 12.7. The molecule has 0 radical (unpaired) electrons. The number of hydrogen-bond donors (Lipinski definition) is 2. The number of para-hydroxylation sites is 1. The van der Waals surface area contributed by atoms with Gasteiger partial charge in [-0.3, -0.25) is 9.59 Å². The van der Waals surface area contributed by atoms with Crippen LogP contribution >= 0.6 is 12.4 Å². The second kappa shape index (κ2) is 13.4. The molecule has 0 bridgehead atoms. The van der Waals surface area contributed by atoms with Gasteiger partial charge in [-0.15, -0.1) is 12.4 Å². The van der Waals surface area contributed by atoms with Crippen LogP contribution < -0.4 is 15.8 Å². The van der Waals surface area contributed by atoms with Crippen LogP contribution in [0.4, 0.5) is 0 Å². The van der Waals surface area contributed by atoms with E-state index in [2.05, 4.69) is 5.32 Å². The van der Waals surface area contributed by atoms with Crippen molar-refractivity contribution in [3.05, 3.63) is 30.3 Å². The molecule has 2 rings (SSSR count). The number of amides is 2. The summed E-state index contributed by atoms with van der Waals surface area (Å²) in [4.78, 5) is 25.9. The van der Waals surface area contributed by atoms with Crippen LogP contribution in [0.1, 0.15) is 25.7 Å². The molecule has 1 heterocycles. The van der Waals surface area contributed by atoms with Gasteiger partial charge in [0.2, 0.25) is 11.8 Å². The summed E-state index contributed by atoms with van der Waals surface area (Å²) in [5.41, 5.74) is 5.38. The summed E-state index contributed by atoms with van der Waals surface area (Å²) in [7, 11) is 0. The van der Waals surface area contributed by atoms with Gasteiger partial charge in [0.1, 0.15) is 19.0 Å². The van der Waals surface area contributed by atoms with Gasteiger partial charge >= 0.3 is 0 Å². The molecule has 1 aliphatic heterocycles. The Bertz CT molecular complexity index is 559. The Hall–Kier alpha value is -1.83. The number of ether oxygens (including phenoxy) is 2. The molecule has 3 N–H and O–H groups in total. The predicted octanol–water partition coefficient (Wildman–Crippen LogP) is 1.35. The molecule has 2 amide bonds. The van der Waals surface area contributed by atoms with Gasteiger partial charge < -0.3 is 25.4 Å². The molecule has 0 aliphatic carbocycles. The number of piperidine rings is 1. The van der Waals surface area contributed by atoms with Crippen LogP contribution in [0, 0.1) is 0 Å². The Morgan fingerprint density at radius 1 is 1.19 bits per heavy atom. The highest BCUT2D eigenvalue weighted by Gasteiger charge is 2.26. The summed E-state index contributed by atoms with van der Waals surface area (Å²) in [5, 5.41) is 2.86. The fourth-order valence-electron chi connectivity index (χ4n) is 2.97. The van der Waals surface area contributed by atoms with E-state index >= 15 is 0 Å². The van der Waals surface area contributed by atoms with Crippen LogP contribution in [0.3, 0.4) is 0 Å². The second-order valence-electron chi connectivity index (χ2n) is 6.29. The standard InChI is InChI=1S/C19H29N3O4.ClH/c20-10-9-18(23)21-14-16-6-4-5-11-22(16)19(24)15-25-12-13-26-17-7-2-1-3-8-17;/h1-3,7-8,16H,4-6,9-15,20H2,(H,21,23);1H. The number of halogens is 1. The van der Waals surface area contributed by atoms with E-state index in [1.807, 2.05) is 35.2 Å². The Labute approximate surface area is 167 Å². The summed E-state index contributed by atoms with van der Waals surface area (Å²) in [6, 6.07) is 9.52. The molecule has 1 aromatic carbocycles. The van der Waals surface area contributed by atoms with E-state index in [0.717, 1.165) is 25.0 Å². The Balaban J connectivity index is 0.00000364. The number of carbonyl (C=O) groups excluding carboxylic acids is 2. The summed E-state index contributed by atoms with van der Waals surface area (Å²) in [6.07, 6.45) is 3.25. The minimum Gasteiger partial charge on any atom is -0.491 e. The van der Waals surface area contributed by atoms with Gasteiger partial charge in [0, 0.05) is 32.1 Å². The molecule has 1 saturated heterocycles. The van der Waals surface area contributed by atoms with E-state index in [4.69, 9.17) is 15.2 Å². The lowest BCUT2D eigenvalue weighted by molar-refractivity contribution is -0.140. The first kappa shape index (κ1) is 23.2. The van der Waals surface area contributed by atoms with Gasteiger partial charge in [-0.05, 0) is 31.4 Å². The monoisotopic (exact) mass is 399 g/mol. The smallest absolute Gasteiger partial charge is 0.248 e. The third-order valence-corrected chi connectivity index (χ3v) is 4.32. The van der Waals surface area contributed by atoms with E-state index in [1.165, 1.54) is 0 Å². The predicted molar refractivity (Wildman–Crippen MR) is 106 cm³/mol. The molecule has 8 heteroatoms. The van der Waals surface area contributed by atoms with Crippen LogP contribution in [0.5, 0.6) is 5.75 Å². The molecule has 0 spiro atoms. The van der Waals surface area contributed by atoms with Crippen LogP contribution in [0.2, 0.25) is 0 Å². The van der Waals surface area contributed by atoms with Crippen molar-refractivity contribution in [2.45, 2.75) is 31.7 Å². The van der Waals surface area contributed by atoms with Crippen molar-refractivity contribution in [2.75, 3.05) is 39.5 Å². The normalized spacial score (nSPS) is 16.3. The van der Waals surface area contributed by atoms with E-state index in [0.29, 0.717) is 39.3 Å². The zero-order chi connectivity index (χ0) is 18.6. The van der Waals surface area contributed by atoms with Crippen molar-refractivity contribution in [1.82, 2.24) is 10.2 Å². The van der Waals surface area contributed by atoms with Crippen molar-refractivity contribution in [2.24, 2.45) is 5.73 Å². The van der Waals surface area contributed by atoms with Gasteiger partial charge in [-0.2, -0.15) is 0 Å². The molecule has 1 aromatic rings. The third-order valence-electron chi connectivity index (χ3n) is 4.32. The molecular weight excluding hydrogens is 370 g/mol. The Morgan fingerprint density at radius 3 is 2.70 bits per heavy atom. The maximum atomic E-state index is 12.4. The van der Waals surface area contributed by atoms with E-state index in [-0.39, 0.29) is 36.9 Å². The number of hydrogen-bond acceptors (Lipinski definition) is 5. The van der Waals surface area contributed by atoms with E-state index in [1.54, 1.807) is 0 Å². The Morgan fingerprint density at radius 2 is 1.96 bits per heavy atom. The number of nitrogens with two attached hydrogens (primary N) is 1. The molecule has 152 valence electrons. The maximum Gasteiger partial charge on any atom is 0.248 e. The molecular formula is C19H30ClN3O4. The third kappa shape index (κ3) is 8.60. The lowest BCUT2D eigenvalue weighted by Gasteiger charge is -2.35. The van der Waals surface area contributed by atoms with Crippen LogP contribution in [-0.4, -0.2) is 62.2 Å². The van der Waals surface area contributed by atoms with Crippen LogP contribution in [0.15, 0.2) is 30.3 Å². The average molecular weight is 400 g/mol. The lowest BCUT2D eigenvalue weighted by Crippen LogP contribution is -2.50. The van der Waals surface area contributed by atoms with Crippen molar-refractivity contribution >= 4 is 24.2 Å². The highest BCUT2D eigenvalue weighted by Crippen LogP contribution is 2.17. The average Bonchev–Trinajstić information content (AvgIpc) is 2.67. The first-order valence-corrected chi connectivity index (χ1v) is 9.22. The number of nitrogens with one attached hydrogen (secondary N) is 1. The minimum absolute atomic E-state index is 0. The van der Waals surface area contributed by atoms with Gasteiger partial charge in [0.05, 0.1) is 6.61 Å². The highest BCUT2D eigenvalue weighted by atomic mass is 35.5. The molecule has 1 unspecified atom stereocenters. The van der Waals surface area contributed by atoms with Crippen molar-refractivity contribution in [1.29, 1.82) is 0 Å². The first-order valence-electron chi connectivity index (χ1n) is 9.22. The summed E-state index contributed by atoms with van der Waals surface area (Å²) in [6.45, 7) is 2.30. The number of rotatable bonds is 10. The van der Waals surface area contributed by atoms with Crippen molar-refractivity contribution < 1.29 is 19.1 Å². The summed E-state index contributed by atoms with van der Waals surface area (Å²) >= 11 is 0. The van der Waals surface area contributed by atoms with Gasteiger partial charge in [0.25, 0.3) is 0 Å². The van der Waals surface area contributed by atoms with Crippen molar-refractivity contribution in [3.63, 3.8) is 0 Å². The number of benzene rings is 1. The SMILES string of the molecule is Cl.NCCC(=O)NCC1CCCCN1C(=O)COCCOc1ccccc1. The van der Waals surface area contributed by atoms with Crippen molar-refractivity contribution in [3.8, 4) is 5.75 Å². The molecule has 27 heavy (non-hydrogen) atoms. The lowest BCUT2D eigenvalue weighted by atomic mass is 10.0. The summed E-state index contributed by atoms with van der Waals surface area (Å²) in [5.74, 6) is 0.675. The Kier molecular flexibility index (Phi) is 11.5. The molecule has 1 aliphatic rings. The quantitative estimate of drug-likeness (QED) is 0.579. The topological polar surface area (TPSA) is 93.9 Å². The van der Waals surface area contributed by atoms with E-state index < -0.39 is 0 Å². The van der Waals surface area contributed by atoms with Gasteiger partial charge in [0.15, 0.2) is 0 Å². The number of nitrogens with zero attached hydrogens (tertiary/aromatic N) is 1. The maximum absolute atomic E-state index is 12.4. The molecule has 7 nitrogen and oxygen atoms in total. The van der Waals surface area contributed by atoms with Crippen LogP contribution in [0.25, 0.3) is 0 Å².